The van der Waals surface area contributed by atoms with E-state index in [4.69, 9.17) is 0 Å². The number of aliphatic imine (C=N–C) groups is 1. The van der Waals surface area contributed by atoms with Gasteiger partial charge in [0.05, 0.1) is 11.3 Å². The van der Waals surface area contributed by atoms with E-state index in [1.165, 1.54) is 18.2 Å². The molecule has 3 aromatic carbocycles. The maximum atomic E-state index is 14.1. The van der Waals surface area contributed by atoms with Gasteiger partial charge in [-0.15, -0.1) is 0 Å². The van der Waals surface area contributed by atoms with Crippen LogP contribution in [0, 0.1) is 5.82 Å². The molecule has 0 aromatic heterocycles. The Hall–Kier alpha value is -2.60. The van der Waals surface area contributed by atoms with E-state index in [1.54, 1.807) is 18.2 Å². The van der Waals surface area contributed by atoms with Gasteiger partial charge in [-0.2, -0.15) is 24.1 Å². The molecule has 0 aliphatic carbocycles. The van der Waals surface area contributed by atoms with Gasteiger partial charge < -0.3 is 0 Å². The zero-order valence-corrected chi connectivity index (χ0v) is 14.9. The van der Waals surface area contributed by atoms with Crippen molar-refractivity contribution in [1.29, 1.82) is 0 Å². The first kappa shape index (κ1) is 17.8. The summed E-state index contributed by atoms with van der Waals surface area (Å²) in [5.74, 6) is 0.313. The molecule has 1 nitrogen and oxygen atoms in total. The molecular formula is C21H15F4NS. The fraction of sp³-hybridized carbons (Fsp3) is 0.0952. The van der Waals surface area contributed by atoms with Crippen LogP contribution in [0.4, 0.5) is 23.2 Å². The smallest absolute Gasteiger partial charge is 0.250 e. The lowest BCUT2D eigenvalue weighted by atomic mass is 10.0. The van der Waals surface area contributed by atoms with Crippen molar-refractivity contribution >= 4 is 22.1 Å². The lowest BCUT2D eigenvalue weighted by Gasteiger charge is -2.16. The van der Waals surface area contributed by atoms with E-state index in [-0.39, 0.29) is 5.82 Å². The Morgan fingerprint density at radius 1 is 0.889 bits per heavy atom. The monoisotopic (exact) mass is 389 g/mol. The second-order valence-electron chi connectivity index (χ2n) is 6.25. The molecule has 1 atom stereocenters. The third-order valence-corrected chi connectivity index (χ3v) is 6.52. The van der Waals surface area contributed by atoms with Gasteiger partial charge in [0.25, 0.3) is 0 Å². The van der Waals surface area contributed by atoms with E-state index in [0.29, 0.717) is 11.3 Å². The number of benzene rings is 3. The van der Waals surface area contributed by atoms with Gasteiger partial charge in [-0.1, -0.05) is 36.4 Å². The largest absolute Gasteiger partial charge is 0.416 e. The Kier molecular flexibility index (Phi) is 4.52. The Bertz CT molecular complexity index is 1010. The van der Waals surface area contributed by atoms with Crippen molar-refractivity contribution in [3.63, 3.8) is 0 Å². The van der Waals surface area contributed by atoms with Crippen molar-refractivity contribution in [2.24, 2.45) is 4.99 Å². The Morgan fingerprint density at radius 3 is 2.33 bits per heavy atom. The maximum Gasteiger partial charge on any atom is 0.416 e. The molecule has 0 spiro atoms. The van der Waals surface area contributed by atoms with Gasteiger partial charge in [0.15, 0.2) is 0 Å². The van der Waals surface area contributed by atoms with Crippen LogP contribution in [0.1, 0.15) is 11.1 Å². The third-order valence-electron chi connectivity index (χ3n) is 4.44. The summed E-state index contributed by atoms with van der Waals surface area (Å²) < 4.78 is 52.2. The average Bonchev–Trinajstić information content (AvgIpc) is 3.04. The summed E-state index contributed by atoms with van der Waals surface area (Å²) in [6, 6.07) is 17.5. The second kappa shape index (κ2) is 6.85. The second-order valence-corrected chi connectivity index (χ2v) is 8.22. The van der Waals surface area contributed by atoms with Crippen LogP contribution >= 0.6 is 10.9 Å². The highest BCUT2D eigenvalue weighted by molar-refractivity contribution is 8.28. The number of halogens is 4. The van der Waals surface area contributed by atoms with Gasteiger partial charge in [0.2, 0.25) is 0 Å². The summed E-state index contributed by atoms with van der Waals surface area (Å²) in [7, 11) is -0.787. The Labute approximate surface area is 156 Å². The molecule has 4 rings (SSSR count). The fourth-order valence-corrected chi connectivity index (χ4v) is 5.02. The molecule has 0 radical (unpaired) electrons. The van der Waals surface area contributed by atoms with Gasteiger partial charge >= 0.3 is 6.18 Å². The Morgan fingerprint density at radius 2 is 1.63 bits per heavy atom. The molecule has 138 valence electrons. The van der Waals surface area contributed by atoms with Gasteiger partial charge in [0.1, 0.15) is 5.82 Å². The van der Waals surface area contributed by atoms with E-state index in [0.717, 1.165) is 33.8 Å². The predicted octanol–water partition coefficient (Wildman–Crippen LogP) is 6.75. The van der Waals surface area contributed by atoms with E-state index < -0.39 is 22.6 Å². The van der Waals surface area contributed by atoms with Crippen LogP contribution in [0.2, 0.25) is 0 Å². The van der Waals surface area contributed by atoms with E-state index in [9.17, 15) is 17.6 Å². The summed E-state index contributed by atoms with van der Waals surface area (Å²) in [4.78, 5) is 5.44. The van der Waals surface area contributed by atoms with Crippen molar-refractivity contribution < 1.29 is 17.6 Å². The summed E-state index contributed by atoms with van der Waals surface area (Å²) in [5, 5.41) is 0. The van der Waals surface area contributed by atoms with Crippen LogP contribution in [0.15, 0.2) is 76.6 Å². The average molecular weight is 389 g/mol. The van der Waals surface area contributed by atoms with Crippen LogP contribution in [-0.4, -0.2) is 5.55 Å². The molecule has 0 fully saturated rings. The van der Waals surface area contributed by atoms with E-state index >= 15 is 0 Å². The molecule has 0 saturated heterocycles. The highest BCUT2D eigenvalue weighted by atomic mass is 32.2. The first-order valence-electron chi connectivity index (χ1n) is 8.28. The number of thiol groups is 1. The minimum atomic E-state index is -4.33. The number of nitrogens with zero attached hydrogens (tertiary/aromatic N) is 1. The quantitative estimate of drug-likeness (QED) is 0.376. The molecule has 3 aromatic rings. The van der Waals surface area contributed by atoms with E-state index in [2.05, 4.69) is 4.99 Å². The van der Waals surface area contributed by atoms with Crippen LogP contribution < -0.4 is 0 Å². The van der Waals surface area contributed by atoms with Crippen molar-refractivity contribution in [1.82, 2.24) is 0 Å². The topological polar surface area (TPSA) is 12.4 Å². The molecule has 0 bridgehead atoms. The highest BCUT2D eigenvalue weighted by Crippen LogP contribution is 2.49. The molecule has 6 heteroatoms. The van der Waals surface area contributed by atoms with E-state index in [1.807, 2.05) is 23.7 Å². The number of fused-ring (bicyclic) bond motifs is 1. The van der Waals surface area contributed by atoms with Gasteiger partial charge in [-0.25, -0.2) is 4.39 Å². The number of hydrogen-bond donors (Lipinski definition) is 1. The predicted molar refractivity (Wildman–Crippen MR) is 102 cm³/mol. The van der Waals surface area contributed by atoms with Gasteiger partial charge in [-0.3, -0.25) is 4.99 Å². The first-order chi connectivity index (χ1) is 12.9. The zero-order chi connectivity index (χ0) is 19.0. The van der Waals surface area contributed by atoms with Crippen molar-refractivity contribution in [3.8, 4) is 11.1 Å². The molecule has 0 amide bonds. The molecule has 1 aliphatic rings. The number of hydrogen-bond acceptors (Lipinski definition) is 1. The van der Waals surface area contributed by atoms with Crippen LogP contribution in [0.25, 0.3) is 11.1 Å². The molecule has 1 heterocycles. The van der Waals surface area contributed by atoms with Crippen LogP contribution in [0.5, 0.6) is 0 Å². The highest BCUT2D eigenvalue weighted by Gasteiger charge is 2.30. The third kappa shape index (κ3) is 3.62. The number of alkyl halides is 3. The standard InChI is InChI=1S/C21H15F4NS/c22-18-4-2-1-3-17(18)15-7-10-19-20(11-15)27(13-26-19)12-14-5-8-16(9-6-14)21(23,24)25/h1-11,13,27H,12H2. The Balaban J connectivity index is 1.60. The molecule has 27 heavy (non-hydrogen) atoms. The number of rotatable bonds is 3. The van der Waals surface area contributed by atoms with Crippen molar-refractivity contribution in [2.45, 2.75) is 16.8 Å². The minimum absolute atomic E-state index is 0.288. The maximum absolute atomic E-state index is 14.1. The zero-order valence-electron chi connectivity index (χ0n) is 14.0. The summed E-state index contributed by atoms with van der Waals surface area (Å²) in [6.07, 6.45) is -4.33. The summed E-state index contributed by atoms with van der Waals surface area (Å²) in [6.45, 7) is 0. The van der Waals surface area contributed by atoms with Gasteiger partial charge in [0, 0.05) is 21.8 Å². The van der Waals surface area contributed by atoms with Crippen molar-refractivity contribution in [2.75, 3.05) is 0 Å². The molecule has 0 N–H and O–H groups in total. The molecular weight excluding hydrogens is 374 g/mol. The van der Waals surface area contributed by atoms with Crippen molar-refractivity contribution in [3.05, 3.63) is 83.7 Å². The normalized spacial score (nSPS) is 17.1. The fourth-order valence-electron chi connectivity index (χ4n) is 3.04. The van der Waals surface area contributed by atoms with Crippen LogP contribution in [-0.2, 0) is 11.9 Å². The van der Waals surface area contributed by atoms with Gasteiger partial charge in [-0.05, 0) is 41.5 Å². The minimum Gasteiger partial charge on any atom is -0.250 e. The SMILES string of the molecule is Fc1ccccc1-c1ccc2c(c1)[SH](Cc1ccc(C(F)(F)F)cc1)C=N2. The first-order valence-corrected chi connectivity index (χ1v) is 9.87. The summed E-state index contributed by atoms with van der Waals surface area (Å²) in [5.41, 5.74) is 4.18. The lowest BCUT2D eigenvalue weighted by Crippen LogP contribution is -2.04. The molecule has 1 aliphatic heterocycles. The van der Waals surface area contributed by atoms with Crippen LogP contribution in [0.3, 0.4) is 0 Å². The lowest BCUT2D eigenvalue weighted by molar-refractivity contribution is -0.137. The summed E-state index contributed by atoms with van der Waals surface area (Å²) >= 11 is 0. The molecule has 0 saturated carbocycles. The molecule has 1 unspecified atom stereocenters.